The van der Waals surface area contributed by atoms with Crippen LogP contribution >= 0.6 is 11.8 Å². The summed E-state index contributed by atoms with van der Waals surface area (Å²) >= 11 is 1.74. The molecule has 0 amide bonds. The van der Waals surface area contributed by atoms with E-state index in [1.807, 2.05) is 25.1 Å². The zero-order valence-corrected chi connectivity index (χ0v) is 11.7. The van der Waals surface area contributed by atoms with E-state index in [-0.39, 0.29) is 0 Å². The van der Waals surface area contributed by atoms with Gasteiger partial charge in [-0.15, -0.1) is 11.8 Å². The van der Waals surface area contributed by atoms with E-state index in [1.54, 1.807) is 18.0 Å². The Morgan fingerprint density at radius 3 is 2.78 bits per heavy atom. The Labute approximate surface area is 112 Å². The second-order valence-corrected chi connectivity index (χ2v) is 5.19. The summed E-state index contributed by atoms with van der Waals surface area (Å²) in [4.78, 5) is 1.18. The van der Waals surface area contributed by atoms with Crippen molar-refractivity contribution in [2.75, 3.05) is 6.54 Å². The fraction of sp³-hybridized carbons (Fsp3) is 0.429. The van der Waals surface area contributed by atoms with E-state index >= 15 is 0 Å². The van der Waals surface area contributed by atoms with E-state index in [0.717, 1.165) is 42.5 Å². The predicted octanol–water partition coefficient (Wildman–Crippen LogP) is 3.97. The Bertz CT molecular complexity index is 476. The number of rotatable bonds is 7. The fourth-order valence-electron chi connectivity index (χ4n) is 1.66. The lowest BCUT2D eigenvalue weighted by Gasteiger charge is -1.99. The second-order valence-electron chi connectivity index (χ2n) is 4.17. The van der Waals surface area contributed by atoms with E-state index in [1.165, 1.54) is 4.90 Å². The van der Waals surface area contributed by atoms with Gasteiger partial charge in [0.05, 0.1) is 18.6 Å². The maximum atomic E-state index is 5.75. The minimum atomic E-state index is 0.809. The molecule has 2 rings (SSSR count). The lowest BCUT2D eigenvalue weighted by atomic mass is 10.4. The number of furan rings is 2. The van der Waals surface area contributed by atoms with Crippen LogP contribution in [0.15, 0.2) is 38.2 Å². The lowest BCUT2D eigenvalue weighted by Crippen LogP contribution is -2.12. The van der Waals surface area contributed by atoms with E-state index in [4.69, 9.17) is 8.83 Å². The summed E-state index contributed by atoms with van der Waals surface area (Å²) in [6.45, 7) is 5.97. The van der Waals surface area contributed by atoms with Crippen molar-refractivity contribution in [3.05, 3.63) is 41.7 Å². The number of aryl methyl sites for hydroxylation is 1. The number of nitrogens with one attached hydrogen (secondary N) is 1. The predicted molar refractivity (Wildman–Crippen MR) is 73.7 cm³/mol. The molecule has 98 valence electrons. The topological polar surface area (TPSA) is 38.3 Å². The van der Waals surface area contributed by atoms with Gasteiger partial charge in [-0.3, -0.25) is 0 Å². The van der Waals surface area contributed by atoms with Crippen LogP contribution in [-0.2, 0) is 12.3 Å². The molecule has 0 unspecified atom stereocenters. The van der Waals surface area contributed by atoms with Crippen LogP contribution in [0.25, 0.3) is 0 Å². The van der Waals surface area contributed by atoms with Gasteiger partial charge in [0.2, 0.25) is 0 Å². The van der Waals surface area contributed by atoms with Crippen LogP contribution in [0.1, 0.15) is 30.6 Å². The first-order valence-electron chi connectivity index (χ1n) is 6.24. The van der Waals surface area contributed by atoms with Gasteiger partial charge in [-0.1, -0.05) is 6.92 Å². The van der Waals surface area contributed by atoms with Crippen LogP contribution in [0.2, 0.25) is 0 Å². The SMILES string of the molecule is CCCNCc1ccc(CSc2ccoc2C)o1. The molecule has 2 heterocycles. The van der Waals surface area contributed by atoms with Gasteiger partial charge in [-0.05, 0) is 38.1 Å². The first-order chi connectivity index (χ1) is 8.79. The third kappa shape index (κ3) is 3.68. The number of hydrogen-bond donors (Lipinski definition) is 1. The molecule has 0 fully saturated rings. The summed E-state index contributed by atoms with van der Waals surface area (Å²) in [6, 6.07) is 6.08. The van der Waals surface area contributed by atoms with Crippen LogP contribution in [0.4, 0.5) is 0 Å². The highest BCUT2D eigenvalue weighted by molar-refractivity contribution is 7.98. The zero-order chi connectivity index (χ0) is 12.8. The van der Waals surface area contributed by atoms with Crippen molar-refractivity contribution in [2.24, 2.45) is 0 Å². The van der Waals surface area contributed by atoms with Crippen LogP contribution in [0.3, 0.4) is 0 Å². The van der Waals surface area contributed by atoms with Crippen molar-refractivity contribution in [3.63, 3.8) is 0 Å². The van der Waals surface area contributed by atoms with Gasteiger partial charge < -0.3 is 14.2 Å². The molecule has 0 radical (unpaired) electrons. The smallest absolute Gasteiger partial charge is 0.118 e. The van der Waals surface area contributed by atoms with Gasteiger partial charge >= 0.3 is 0 Å². The molecule has 0 bridgehead atoms. The molecule has 0 aliphatic carbocycles. The minimum Gasteiger partial charge on any atom is -0.468 e. The Hall–Kier alpha value is -1.13. The molecule has 2 aromatic rings. The molecule has 0 aliphatic rings. The molecule has 3 nitrogen and oxygen atoms in total. The maximum Gasteiger partial charge on any atom is 0.118 e. The molecule has 0 aromatic carbocycles. The van der Waals surface area contributed by atoms with Gasteiger partial charge in [0, 0.05) is 4.90 Å². The average molecular weight is 265 g/mol. The highest BCUT2D eigenvalue weighted by Crippen LogP contribution is 2.27. The Morgan fingerprint density at radius 1 is 1.22 bits per heavy atom. The number of thioether (sulfide) groups is 1. The summed E-state index contributed by atoms with van der Waals surface area (Å²) in [5.41, 5.74) is 0. The fourth-order valence-corrected chi connectivity index (χ4v) is 2.51. The van der Waals surface area contributed by atoms with Crippen molar-refractivity contribution in [1.82, 2.24) is 5.32 Å². The molecule has 1 N–H and O–H groups in total. The summed E-state index contributed by atoms with van der Waals surface area (Å²) < 4.78 is 11.0. The standard InChI is InChI=1S/C14H19NO2S/c1-3-7-15-9-12-4-5-13(17-12)10-18-14-6-8-16-11(14)2/h4-6,8,15H,3,7,9-10H2,1-2H3. The third-order valence-electron chi connectivity index (χ3n) is 2.62. The lowest BCUT2D eigenvalue weighted by molar-refractivity contribution is 0.459. The quantitative estimate of drug-likeness (QED) is 0.607. The molecule has 18 heavy (non-hydrogen) atoms. The van der Waals surface area contributed by atoms with Crippen molar-refractivity contribution in [2.45, 2.75) is 37.5 Å². The van der Waals surface area contributed by atoms with Gasteiger partial charge in [0.25, 0.3) is 0 Å². The second kappa shape index (κ2) is 6.71. The monoisotopic (exact) mass is 265 g/mol. The van der Waals surface area contributed by atoms with Crippen molar-refractivity contribution in [1.29, 1.82) is 0 Å². The Morgan fingerprint density at radius 2 is 2.06 bits per heavy atom. The summed E-state index contributed by atoms with van der Waals surface area (Å²) in [5.74, 6) is 3.82. The normalized spacial score (nSPS) is 11.0. The van der Waals surface area contributed by atoms with E-state index in [2.05, 4.69) is 12.2 Å². The highest BCUT2D eigenvalue weighted by Gasteiger charge is 2.05. The molecule has 0 aliphatic heterocycles. The minimum absolute atomic E-state index is 0.809. The molecule has 0 saturated heterocycles. The van der Waals surface area contributed by atoms with Crippen molar-refractivity contribution in [3.8, 4) is 0 Å². The highest BCUT2D eigenvalue weighted by atomic mass is 32.2. The first kappa shape index (κ1) is 13.3. The van der Waals surface area contributed by atoms with Gasteiger partial charge in [0.15, 0.2) is 0 Å². The van der Waals surface area contributed by atoms with Gasteiger partial charge in [-0.2, -0.15) is 0 Å². The largest absolute Gasteiger partial charge is 0.468 e. The summed E-state index contributed by atoms with van der Waals surface area (Å²) in [6.07, 6.45) is 2.86. The van der Waals surface area contributed by atoms with Crippen LogP contribution in [0.5, 0.6) is 0 Å². The first-order valence-corrected chi connectivity index (χ1v) is 7.23. The molecule has 0 atom stereocenters. The molecular weight excluding hydrogens is 246 g/mol. The molecule has 0 saturated carbocycles. The summed E-state index contributed by atoms with van der Waals surface area (Å²) in [7, 11) is 0. The maximum absolute atomic E-state index is 5.75. The van der Waals surface area contributed by atoms with Crippen molar-refractivity contribution >= 4 is 11.8 Å². The van der Waals surface area contributed by atoms with E-state index < -0.39 is 0 Å². The molecule has 4 heteroatoms. The van der Waals surface area contributed by atoms with Crippen LogP contribution < -0.4 is 5.32 Å². The Balaban J connectivity index is 1.81. The number of hydrogen-bond acceptors (Lipinski definition) is 4. The zero-order valence-electron chi connectivity index (χ0n) is 10.9. The van der Waals surface area contributed by atoms with Gasteiger partial charge in [0.1, 0.15) is 17.3 Å². The third-order valence-corrected chi connectivity index (χ3v) is 3.79. The van der Waals surface area contributed by atoms with Crippen molar-refractivity contribution < 1.29 is 8.83 Å². The van der Waals surface area contributed by atoms with E-state index in [9.17, 15) is 0 Å². The van der Waals surface area contributed by atoms with Crippen LogP contribution in [-0.4, -0.2) is 6.54 Å². The molecule has 2 aromatic heterocycles. The Kier molecular flexibility index (Phi) is 4.96. The van der Waals surface area contributed by atoms with Crippen LogP contribution in [0, 0.1) is 6.92 Å². The summed E-state index contributed by atoms with van der Waals surface area (Å²) in [5, 5.41) is 3.33. The molecule has 0 spiro atoms. The van der Waals surface area contributed by atoms with Gasteiger partial charge in [-0.25, -0.2) is 0 Å². The molecular formula is C14H19NO2S. The van der Waals surface area contributed by atoms with E-state index in [0.29, 0.717) is 0 Å². The average Bonchev–Trinajstić information content (AvgIpc) is 2.96.